The van der Waals surface area contributed by atoms with E-state index in [1.807, 2.05) is 49.4 Å². The van der Waals surface area contributed by atoms with Crippen molar-refractivity contribution in [3.05, 3.63) is 82.9 Å². The minimum atomic E-state index is -3.77. The zero-order valence-electron chi connectivity index (χ0n) is 18.8. The van der Waals surface area contributed by atoms with Crippen molar-refractivity contribution in [2.75, 3.05) is 24.6 Å². The van der Waals surface area contributed by atoms with Gasteiger partial charge in [-0.1, -0.05) is 48.0 Å². The number of nitrogens with one attached hydrogen (secondary N) is 1. The number of nitrogens with zero attached hydrogens (tertiary/aromatic N) is 1. The molecule has 1 amide bonds. The quantitative estimate of drug-likeness (QED) is 0.497. The summed E-state index contributed by atoms with van der Waals surface area (Å²) in [4.78, 5) is 12.5. The zero-order valence-corrected chi connectivity index (χ0v) is 20.4. The summed E-state index contributed by atoms with van der Waals surface area (Å²) in [6, 6.07) is 18.8. The van der Waals surface area contributed by atoms with Crippen LogP contribution in [0.4, 0.5) is 5.69 Å². The van der Waals surface area contributed by atoms with Gasteiger partial charge < -0.3 is 14.8 Å². The number of fused-ring (bicyclic) bond motifs is 1. The lowest BCUT2D eigenvalue weighted by Crippen LogP contribution is -2.31. The van der Waals surface area contributed by atoms with Gasteiger partial charge in [-0.15, -0.1) is 0 Å². The van der Waals surface area contributed by atoms with E-state index in [1.54, 1.807) is 13.2 Å². The molecule has 0 saturated carbocycles. The lowest BCUT2D eigenvalue weighted by molar-refractivity contribution is -0.123. The summed E-state index contributed by atoms with van der Waals surface area (Å²) < 4.78 is 38.7. The molecule has 0 aromatic heterocycles. The fourth-order valence-corrected chi connectivity index (χ4v) is 5.80. The summed E-state index contributed by atoms with van der Waals surface area (Å²) in [5.41, 5.74) is 2.51. The molecule has 0 saturated heterocycles. The Morgan fingerprint density at radius 3 is 2.59 bits per heavy atom. The monoisotopic (exact) mass is 500 g/mol. The number of ether oxygens (including phenoxy) is 2. The van der Waals surface area contributed by atoms with Crippen LogP contribution in [0.15, 0.2) is 71.6 Å². The predicted molar refractivity (Wildman–Crippen MR) is 131 cm³/mol. The van der Waals surface area contributed by atoms with Crippen molar-refractivity contribution in [1.82, 2.24) is 5.32 Å². The molecular formula is C25H25ClN2O5S. The van der Waals surface area contributed by atoms with Crippen LogP contribution in [-0.2, 0) is 21.2 Å². The van der Waals surface area contributed by atoms with E-state index >= 15 is 0 Å². The fourth-order valence-electron chi connectivity index (χ4n) is 3.97. The minimum absolute atomic E-state index is 0.0656. The highest BCUT2D eigenvalue weighted by molar-refractivity contribution is 7.92. The molecule has 0 radical (unpaired) electrons. The Balaban J connectivity index is 1.41. The molecule has 1 atom stereocenters. The van der Waals surface area contributed by atoms with Gasteiger partial charge in [-0.05, 0) is 49.2 Å². The third-order valence-corrected chi connectivity index (χ3v) is 7.78. The average molecular weight is 501 g/mol. The number of benzene rings is 3. The van der Waals surface area contributed by atoms with Gasteiger partial charge in [0, 0.05) is 12.1 Å². The predicted octanol–water partition coefficient (Wildman–Crippen LogP) is 4.36. The maximum Gasteiger partial charge on any atom is 0.264 e. The first-order valence-corrected chi connectivity index (χ1v) is 12.6. The molecule has 1 aliphatic heterocycles. The molecule has 4 rings (SSSR count). The van der Waals surface area contributed by atoms with E-state index in [0.29, 0.717) is 24.4 Å². The Labute approximate surface area is 204 Å². The Morgan fingerprint density at radius 1 is 1.09 bits per heavy atom. The van der Waals surface area contributed by atoms with Gasteiger partial charge in [0.1, 0.15) is 11.5 Å². The van der Waals surface area contributed by atoms with Crippen LogP contribution >= 0.6 is 11.6 Å². The van der Waals surface area contributed by atoms with Gasteiger partial charge in [-0.3, -0.25) is 9.10 Å². The Bertz CT molecular complexity index is 1310. The van der Waals surface area contributed by atoms with Crippen molar-refractivity contribution in [3.8, 4) is 11.5 Å². The topological polar surface area (TPSA) is 84.9 Å². The van der Waals surface area contributed by atoms with Crippen molar-refractivity contribution in [3.63, 3.8) is 0 Å². The van der Waals surface area contributed by atoms with Gasteiger partial charge in [0.05, 0.1) is 28.8 Å². The molecule has 1 N–H and O–H groups in total. The minimum Gasteiger partial charge on any atom is -0.496 e. The molecule has 7 nitrogen and oxygen atoms in total. The number of hydrogen-bond donors (Lipinski definition) is 1. The summed E-state index contributed by atoms with van der Waals surface area (Å²) in [5, 5.41) is 2.96. The smallest absolute Gasteiger partial charge is 0.264 e. The second kappa shape index (κ2) is 9.95. The third-order valence-electron chi connectivity index (χ3n) is 5.68. The summed E-state index contributed by atoms with van der Waals surface area (Å²) in [5.74, 6) is 0.555. The molecule has 9 heteroatoms. The molecule has 0 fully saturated rings. The van der Waals surface area contributed by atoms with E-state index in [0.717, 1.165) is 11.1 Å². The molecule has 3 aromatic rings. The number of methoxy groups -OCH3 is 1. The molecule has 3 aromatic carbocycles. The van der Waals surface area contributed by atoms with Gasteiger partial charge in [0.2, 0.25) is 0 Å². The fraction of sp³-hybridized carbons (Fsp3) is 0.240. The first-order valence-electron chi connectivity index (χ1n) is 10.8. The van der Waals surface area contributed by atoms with Crippen molar-refractivity contribution < 1.29 is 22.7 Å². The summed E-state index contributed by atoms with van der Waals surface area (Å²) in [6.07, 6.45) is 0.659. The van der Waals surface area contributed by atoms with Crippen LogP contribution in [0, 0.1) is 0 Å². The summed E-state index contributed by atoms with van der Waals surface area (Å²) in [6.45, 7) is 1.95. The zero-order chi connectivity index (χ0) is 24.3. The number of hydrogen-bond acceptors (Lipinski definition) is 5. The Morgan fingerprint density at radius 2 is 1.82 bits per heavy atom. The van der Waals surface area contributed by atoms with Crippen molar-refractivity contribution >= 4 is 33.2 Å². The number of halogens is 1. The second-order valence-electron chi connectivity index (χ2n) is 7.87. The van der Waals surface area contributed by atoms with E-state index in [-0.39, 0.29) is 34.2 Å². The molecule has 1 heterocycles. The van der Waals surface area contributed by atoms with Crippen LogP contribution in [0.1, 0.15) is 24.1 Å². The van der Waals surface area contributed by atoms with Gasteiger partial charge in [-0.25, -0.2) is 8.42 Å². The number of anilines is 1. The molecule has 178 valence electrons. The van der Waals surface area contributed by atoms with Crippen LogP contribution in [0.25, 0.3) is 0 Å². The highest BCUT2D eigenvalue weighted by atomic mass is 35.5. The van der Waals surface area contributed by atoms with E-state index in [4.69, 9.17) is 21.1 Å². The summed E-state index contributed by atoms with van der Waals surface area (Å²) >= 11 is 6.31. The van der Waals surface area contributed by atoms with Crippen molar-refractivity contribution in [2.24, 2.45) is 0 Å². The Hall–Kier alpha value is -3.23. The number of para-hydroxylation sites is 2. The number of carbonyl (C=O) groups is 1. The molecule has 0 bridgehead atoms. The van der Waals surface area contributed by atoms with Gasteiger partial charge in [-0.2, -0.15) is 0 Å². The van der Waals surface area contributed by atoms with Crippen LogP contribution in [0.2, 0.25) is 5.02 Å². The maximum atomic E-state index is 13.2. The van der Waals surface area contributed by atoms with E-state index in [1.165, 1.54) is 22.5 Å². The molecule has 0 unspecified atom stereocenters. The van der Waals surface area contributed by atoms with E-state index in [9.17, 15) is 13.2 Å². The molecule has 0 aliphatic carbocycles. The van der Waals surface area contributed by atoms with Crippen LogP contribution in [-0.4, -0.2) is 34.6 Å². The molecule has 34 heavy (non-hydrogen) atoms. The molecule has 0 spiro atoms. The highest BCUT2D eigenvalue weighted by Crippen LogP contribution is 2.35. The SMILES string of the molecule is COc1ccccc1[C@@H](C)NC(=O)COc1ccc(S(=O)(=O)N2CCc3ccccc32)cc1Cl. The lowest BCUT2D eigenvalue weighted by Gasteiger charge is -2.20. The van der Waals surface area contributed by atoms with Gasteiger partial charge in [0.15, 0.2) is 6.61 Å². The molecular weight excluding hydrogens is 476 g/mol. The maximum absolute atomic E-state index is 13.2. The first kappa shape index (κ1) is 23.9. The highest BCUT2D eigenvalue weighted by Gasteiger charge is 2.31. The number of rotatable bonds is 8. The second-order valence-corrected chi connectivity index (χ2v) is 10.1. The largest absolute Gasteiger partial charge is 0.496 e. The van der Waals surface area contributed by atoms with Crippen molar-refractivity contribution in [2.45, 2.75) is 24.3 Å². The van der Waals surface area contributed by atoms with E-state index < -0.39 is 10.0 Å². The first-order chi connectivity index (χ1) is 16.3. The van der Waals surface area contributed by atoms with Crippen LogP contribution in [0.3, 0.4) is 0 Å². The summed E-state index contributed by atoms with van der Waals surface area (Å²) in [7, 11) is -2.20. The number of sulfonamides is 1. The number of carbonyl (C=O) groups excluding carboxylic acids is 1. The van der Waals surface area contributed by atoms with Gasteiger partial charge in [0.25, 0.3) is 15.9 Å². The van der Waals surface area contributed by atoms with Gasteiger partial charge >= 0.3 is 0 Å². The van der Waals surface area contributed by atoms with Crippen molar-refractivity contribution in [1.29, 1.82) is 0 Å². The molecule has 1 aliphatic rings. The van der Waals surface area contributed by atoms with Crippen LogP contribution in [0.5, 0.6) is 11.5 Å². The Kier molecular flexibility index (Phi) is 7.00. The number of amides is 1. The standard InChI is InChI=1S/C25H25ClN2O5S/c1-17(20-8-4-6-10-23(20)32-2)27-25(29)16-33-24-12-11-19(15-21(24)26)34(30,31)28-14-13-18-7-3-5-9-22(18)28/h3-12,15,17H,13-14,16H2,1-2H3,(H,27,29)/t17-/m1/s1. The lowest BCUT2D eigenvalue weighted by atomic mass is 10.1. The normalized spacial score (nSPS) is 13.8. The third kappa shape index (κ3) is 4.83. The average Bonchev–Trinajstić information content (AvgIpc) is 3.28. The van der Waals surface area contributed by atoms with E-state index in [2.05, 4.69) is 5.32 Å². The van der Waals surface area contributed by atoms with Crippen LogP contribution < -0.4 is 19.1 Å².